The number of guanidine groups is 1. The van der Waals surface area contributed by atoms with Gasteiger partial charge >= 0.3 is 0 Å². The molecule has 0 heterocycles. The molecule has 0 spiro atoms. The first-order chi connectivity index (χ1) is 10.9. The van der Waals surface area contributed by atoms with Crippen molar-refractivity contribution in [1.29, 1.82) is 0 Å². The highest BCUT2D eigenvalue weighted by molar-refractivity contribution is 7.88. The van der Waals surface area contributed by atoms with Gasteiger partial charge in [-0.25, -0.2) is 13.1 Å². The summed E-state index contributed by atoms with van der Waals surface area (Å²) >= 11 is 0. The summed E-state index contributed by atoms with van der Waals surface area (Å²) in [6.07, 6.45) is 1.93. The number of nitrogens with zero attached hydrogens (tertiary/aromatic N) is 1. The number of aryl methyl sites for hydroxylation is 1. The van der Waals surface area contributed by atoms with Gasteiger partial charge in [0, 0.05) is 26.7 Å². The highest BCUT2D eigenvalue weighted by atomic mass is 32.2. The first kappa shape index (κ1) is 19.2. The molecule has 0 aromatic heterocycles. The van der Waals surface area contributed by atoms with E-state index in [-0.39, 0.29) is 0 Å². The molecular weight excluding hydrogens is 316 g/mol. The zero-order valence-electron chi connectivity index (χ0n) is 14.1. The van der Waals surface area contributed by atoms with Crippen molar-refractivity contribution in [3.8, 4) is 5.75 Å². The van der Waals surface area contributed by atoms with Gasteiger partial charge < -0.3 is 15.4 Å². The summed E-state index contributed by atoms with van der Waals surface area (Å²) in [6, 6.07) is 6.09. The van der Waals surface area contributed by atoms with Gasteiger partial charge in [0.25, 0.3) is 0 Å². The Kier molecular flexibility index (Phi) is 7.84. The monoisotopic (exact) mass is 342 g/mol. The van der Waals surface area contributed by atoms with E-state index < -0.39 is 10.0 Å². The van der Waals surface area contributed by atoms with Gasteiger partial charge in [-0.1, -0.05) is 17.7 Å². The number of hydrogen-bond acceptors (Lipinski definition) is 4. The van der Waals surface area contributed by atoms with Crippen molar-refractivity contribution in [2.75, 3.05) is 40.0 Å². The average molecular weight is 342 g/mol. The summed E-state index contributed by atoms with van der Waals surface area (Å²) in [5.41, 5.74) is 2.32. The van der Waals surface area contributed by atoms with Crippen LogP contribution in [0, 0.1) is 6.92 Å². The molecule has 0 saturated heterocycles. The molecule has 0 aliphatic heterocycles. The van der Waals surface area contributed by atoms with Gasteiger partial charge in [0.05, 0.1) is 13.4 Å². The quantitative estimate of drug-likeness (QED) is 0.358. The molecular formula is C15H26N4O3S. The summed E-state index contributed by atoms with van der Waals surface area (Å²) in [6.45, 7) is 3.51. The molecule has 7 nitrogen and oxygen atoms in total. The molecule has 0 aliphatic carbocycles. The minimum absolute atomic E-state index is 0.311. The molecule has 1 aromatic carbocycles. The molecule has 3 N–H and O–H groups in total. The van der Waals surface area contributed by atoms with Gasteiger partial charge in [-0.3, -0.25) is 4.99 Å². The number of nitrogens with one attached hydrogen (secondary N) is 3. The first-order valence-electron chi connectivity index (χ1n) is 7.38. The Labute approximate surface area is 138 Å². The lowest BCUT2D eigenvalue weighted by atomic mass is 10.1. The molecule has 0 aliphatic rings. The fourth-order valence-electron chi connectivity index (χ4n) is 2.06. The van der Waals surface area contributed by atoms with E-state index in [1.165, 1.54) is 5.56 Å². The third-order valence-electron chi connectivity index (χ3n) is 3.13. The summed E-state index contributed by atoms with van der Waals surface area (Å²) in [4.78, 5) is 4.10. The maximum atomic E-state index is 11.0. The summed E-state index contributed by atoms with van der Waals surface area (Å²) < 4.78 is 29.7. The van der Waals surface area contributed by atoms with Crippen LogP contribution in [0.2, 0.25) is 0 Å². The minimum Gasteiger partial charge on any atom is -0.496 e. The number of methoxy groups -OCH3 is 1. The van der Waals surface area contributed by atoms with Crippen molar-refractivity contribution < 1.29 is 13.2 Å². The van der Waals surface area contributed by atoms with Crippen LogP contribution >= 0.6 is 0 Å². The Hall–Kier alpha value is -1.80. The highest BCUT2D eigenvalue weighted by Crippen LogP contribution is 2.19. The van der Waals surface area contributed by atoms with Crippen molar-refractivity contribution in [3.63, 3.8) is 0 Å². The smallest absolute Gasteiger partial charge is 0.208 e. The Bertz CT molecular complexity index is 630. The van der Waals surface area contributed by atoms with Crippen LogP contribution < -0.4 is 20.1 Å². The van der Waals surface area contributed by atoms with E-state index in [1.54, 1.807) is 14.2 Å². The van der Waals surface area contributed by atoms with Gasteiger partial charge in [0.15, 0.2) is 5.96 Å². The molecule has 0 atom stereocenters. The van der Waals surface area contributed by atoms with E-state index in [9.17, 15) is 8.42 Å². The van der Waals surface area contributed by atoms with Gasteiger partial charge in [0.1, 0.15) is 5.75 Å². The van der Waals surface area contributed by atoms with Gasteiger partial charge in [0.2, 0.25) is 10.0 Å². The van der Waals surface area contributed by atoms with Gasteiger partial charge in [-0.15, -0.1) is 0 Å². The summed E-state index contributed by atoms with van der Waals surface area (Å²) in [7, 11) is 0.179. The van der Waals surface area contributed by atoms with Crippen molar-refractivity contribution in [2.45, 2.75) is 13.3 Å². The van der Waals surface area contributed by atoms with Gasteiger partial charge in [-0.2, -0.15) is 0 Å². The Morgan fingerprint density at radius 2 is 1.91 bits per heavy atom. The van der Waals surface area contributed by atoms with Crippen molar-refractivity contribution in [2.24, 2.45) is 4.99 Å². The van der Waals surface area contributed by atoms with E-state index in [2.05, 4.69) is 26.4 Å². The molecule has 23 heavy (non-hydrogen) atoms. The summed E-state index contributed by atoms with van der Waals surface area (Å²) in [5, 5.41) is 6.24. The predicted molar refractivity (Wildman–Crippen MR) is 93.6 cm³/mol. The normalized spacial score (nSPS) is 12.1. The molecule has 130 valence electrons. The van der Waals surface area contributed by atoms with Crippen LogP contribution in [-0.4, -0.2) is 54.4 Å². The third-order valence-corrected chi connectivity index (χ3v) is 3.86. The number of sulfonamides is 1. The Balaban J connectivity index is 2.39. The van der Waals surface area contributed by atoms with E-state index >= 15 is 0 Å². The van der Waals surface area contributed by atoms with Crippen LogP contribution in [-0.2, 0) is 16.4 Å². The number of benzene rings is 1. The number of rotatable bonds is 8. The topological polar surface area (TPSA) is 91.8 Å². The second-order valence-corrected chi connectivity index (χ2v) is 6.99. The standard InChI is InChI=1S/C15H26N4O3S/c1-12-5-6-14(22-3)13(11-12)7-8-17-15(16-2)18-9-10-19-23(4,20)21/h5-6,11,19H,7-10H2,1-4H3,(H2,16,17,18). The van der Waals surface area contributed by atoms with Crippen LogP contribution in [0.1, 0.15) is 11.1 Å². The van der Waals surface area contributed by atoms with E-state index in [1.807, 2.05) is 19.1 Å². The summed E-state index contributed by atoms with van der Waals surface area (Å²) in [5.74, 6) is 1.50. The van der Waals surface area contributed by atoms with Crippen LogP contribution in [0.3, 0.4) is 0 Å². The molecule has 0 saturated carbocycles. The number of hydrogen-bond donors (Lipinski definition) is 3. The average Bonchev–Trinajstić information content (AvgIpc) is 2.49. The fraction of sp³-hybridized carbons (Fsp3) is 0.533. The molecule has 0 fully saturated rings. The lowest BCUT2D eigenvalue weighted by Gasteiger charge is -2.13. The van der Waals surface area contributed by atoms with Crippen LogP contribution in [0.15, 0.2) is 23.2 Å². The van der Waals surface area contributed by atoms with E-state index in [0.717, 1.165) is 24.0 Å². The van der Waals surface area contributed by atoms with Crippen LogP contribution in [0.4, 0.5) is 0 Å². The Morgan fingerprint density at radius 3 is 2.52 bits per heavy atom. The molecule has 1 rings (SSSR count). The third kappa shape index (κ3) is 7.85. The second kappa shape index (κ2) is 9.36. The lowest BCUT2D eigenvalue weighted by Crippen LogP contribution is -2.42. The zero-order valence-corrected chi connectivity index (χ0v) is 15.0. The first-order valence-corrected chi connectivity index (χ1v) is 9.27. The van der Waals surface area contributed by atoms with E-state index in [4.69, 9.17) is 4.74 Å². The molecule has 8 heteroatoms. The Morgan fingerprint density at radius 1 is 1.22 bits per heavy atom. The fourth-order valence-corrected chi connectivity index (χ4v) is 2.53. The van der Waals surface area contributed by atoms with Crippen LogP contribution in [0.5, 0.6) is 5.75 Å². The van der Waals surface area contributed by atoms with Gasteiger partial charge in [-0.05, 0) is 25.0 Å². The largest absolute Gasteiger partial charge is 0.496 e. The minimum atomic E-state index is -3.16. The SMILES string of the molecule is CN=C(NCCNS(C)(=O)=O)NCCc1cc(C)ccc1OC. The highest BCUT2D eigenvalue weighted by Gasteiger charge is 2.04. The van der Waals surface area contributed by atoms with Crippen molar-refractivity contribution >= 4 is 16.0 Å². The van der Waals surface area contributed by atoms with Crippen molar-refractivity contribution in [3.05, 3.63) is 29.3 Å². The molecule has 0 unspecified atom stereocenters. The maximum Gasteiger partial charge on any atom is 0.208 e. The van der Waals surface area contributed by atoms with Crippen LogP contribution in [0.25, 0.3) is 0 Å². The number of ether oxygens (including phenoxy) is 1. The molecule has 0 radical (unpaired) electrons. The molecule has 0 amide bonds. The lowest BCUT2D eigenvalue weighted by molar-refractivity contribution is 0.409. The molecule has 1 aromatic rings. The van der Waals surface area contributed by atoms with Crippen molar-refractivity contribution in [1.82, 2.24) is 15.4 Å². The second-order valence-electron chi connectivity index (χ2n) is 5.16. The molecule has 0 bridgehead atoms. The van der Waals surface area contributed by atoms with E-state index in [0.29, 0.717) is 25.6 Å². The predicted octanol–water partition coefficient (Wildman–Crippen LogP) is 0.260. The maximum absolute atomic E-state index is 11.0. The number of aliphatic imine (C=N–C) groups is 1. The zero-order chi connectivity index (χ0) is 17.3.